The van der Waals surface area contributed by atoms with Crippen LogP contribution in [-0.4, -0.2) is 20.3 Å². The van der Waals surface area contributed by atoms with E-state index in [0.29, 0.717) is 5.56 Å². The van der Waals surface area contributed by atoms with Gasteiger partial charge in [-0.05, 0) is 32.8 Å². The van der Waals surface area contributed by atoms with Crippen molar-refractivity contribution < 1.29 is 14.3 Å². The molecule has 0 radical (unpaired) electrons. The molecule has 5 aromatic carbocycles. The quantitative estimate of drug-likeness (QED) is 0.0995. The summed E-state index contributed by atoms with van der Waals surface area (Å²) in [6.45, 7) is 1.43. The van der Waals surface area contributed by atoms with Crippen molar-refractivity contribution in [2.24, 2.45) is 0 Å². The van der Waals surface area contributed by atoms with Gasteiger partial charge in [-0.2, -0.15) is 0 Å². The van der Waals surface area contributed by atoms with Gasteiger partial charge in [-0.3, -0.25) is 9.59 Å². The summed E-state index contributed by atoms with van der Waals surface area (Å²) in [5, 5.41) is 3.68. The van der Waals surface area contributed by atoms with Crippen LogP contribution in [-0.2, 0) is 9.53 Å². The monoisotopic (exact) mass is 538 g/mol. The van der Waals surface area contributed by atoms with Crippen molar-refractivity contribution in [2.45, 2.75) is 13.0 Å². The summed E-state index contributed by atoms with van der Waals surface area (Å²) in [5.41, 5.74) is 5.34. The Labute approximate surface area is 236 Å². The van der Waals surface area contributed by atoms with E-state index in [0.717, 1.165) is 23.0 Å². The lowest BCUT2D eigenvalue weighted by Gasteiger charge is -2.31. The molecule has 0 aliphatic heterocycles. The fourth-order valence-electron chi connectivity index (χ4n) is 5.34. The fourth-order valence-corrected chi connectivity index (χ4v) is 9.54. The summed E-state index contributed by atoms with van der Waals surface area (Å²) in [6, 6.07) is 47.0. The van der Waals surface area contributed by atoms with Gasteiger partial charge in [0.2, 0.25) is 0 Å². The van der Waals surface area contributed by atoms with Gasteiger partial charge in [0.1, 0.15) is 6.10 Å². The molecule has 0 saturated carbocycles. The lowest BCUT2D eigenvalue weighted by atomic mass is 9.93. The lowest BCUT2D eigenvalue weighted by Crippen LogP contribution is -2.66. The third-order valence-electron chi connectivity index (χ3n) is 7.15. The Bertz CT molecular complexity index is 1520. The number of rotatable bonds is 9. The molecule has 1 atom stereocenters. The number of aldehydes is 1. The van der Waals surface area contributed by atoms with Crippen LogP contribution in [0.4, 0.5) is 0 Å². The van der Waals surface area contributed by atoms with Gasteiger partial charge in [0, 0.05) is 18.1 Å². The predicted octanol–water partition coefficient (Wildman–Crippen LogP) is 6.04. The molecule has 3 nitrogen and oxygen atoms in total. The van der Waals surface area contributed by atoms with Gasteiger partial charge >= 0.3 is 5.97 Å². The number of esters is 1. The summed E-state index contributed by atoms with van der Waals surface area (Å²) < 4.78 is 5.98. The predicted molar refractivity (Wildman–Crippen MR) is 165 cm³/mol. The van der Waals surface area contributed by atoms with Gasteiger partial charge in [0.05, 0.1) is 0 Å². The molecule has 0 heterocycles. The van der Waals surface area contributed by atoms with Crippen LogP contribution >= 0.6 is 0 Å². The lowest BCUT2D eigenvalue weighted by molar-refractivity contribution is -0.144. The smallest absolute Gasteiger partial charge is 0.303 e. The average molecular weight is 539 g/mol. The molecule has 5 aromatic rings. The third-order valence-corrected chi connectivity index (χ3v) is 11.6. The molecule has 40 heavy (non-hydrogen) atoms. The van der Waals surface area contributed by atoms with E-state index in [2.05, 4.69) is 78.5 Å². The largest absolute Gasteiger partial charge is 0.453 e. The van der Waals surface area contributed by atoms with E-state index >= 15 is 0 Å². The number of benzene rings is 5. The second-order valence-electron chi connectivity index (χ2n) is 9.59. The van der Waals surface area contributed by atoms with Crippen LogP contribution < -0.4 is 15.6 Å². The maximum absolute atomic E-state index is 12.4. The Morgan fingerprint density at radius 2 is 1.07 bits per heavy atom. The van der Waals surface area contributed by atoms with Crippen molar-refractivity contribution in [1.29, 1.82) is 0 Å². The molecule has 0 aliphatic rings. The Balaban J connectivity index is 1.74. The maximum Gasteiger partial charge on any atom is 0.303 e. The van der Waals surface area contributed by atoms with Crippen LogP contribution in [0.1, 0.15) is 28.9 Å². The van der Waals surface area contributed by atoms with Gasteiger partial charge in [0.25, 0.3) is 0 Å². The minimum atomic E-state index is -2.71. The van der Waals surface area contributed by atoms with E-state index in [1.807, 2.05) is 66.7 Å². The molecule has 196 valence electrons. The van der Waals surface area contributed by atoms with Crippen molar-refractivity contribution >= 4 is 35.9 Å². The Kier molecular flexibility index (Phi) is 8.28. The first kappa shape index (κ1) is 26.8. The Morgan fingerprint density at radius 1 is 0.625 bits per heavy atom. The van der Waals surface area contributed by atoms with Gasteiger partial charge in [-0.1, -0.05) is 145 Å². The van der Waals surface area contributed by atoms with Gasteiger partial charge < -0.3 is 4.74 Å². The molecular weight excluding hydrogens is 508 g/mol. The molecule has 0 saturated heterocycles. The van der Waals surface area contributed by atoms with Crippen molar-refractivity contribution in [2.75, 3.05) is 0 Å². The molecule has 0 fully saturated rings. The molecule has 5 rings (SSSR count). The minimum Gasteiger partial charge on any atom is -0.453 e. The molecule has 1 unspecified atom stereocenters. The highest BCUT2D eigenvalue weighted by Gasteiger charge is 2.37. The second kappa shape index (κ2) is 12.4. The maximum atomic E-state index is 12.4. The molecule has 0 aromatic heterocycles. The van der Waals surface area contributed by atoms with E-state index < -0.39 is 14.2 Å². The average Bonchev–Trinajstić information content (AvgIpc) is 3.02. The standard InChI is InChI=1S/C36H30O3Si/c1-28(38)39-36(35-24-14-13-23-34(35)33-22-12-11-15-29(33)27-37)25-26-40(30-16-5-2-6-17-30,31-18-7-3-8-19-31)32-20-9-4-10-21-32/h2-27,36H,1H3/b26-25+. The summed E-state index contributed by atoms with van der Waals surface area (Å²) in [4.78, 5) is 24.3. The van der Waals surface area contributed by atoms with Crippen molar-refractivity contribution in [1.82, 2.24) is 0 Å². The SMILES string of the molecule is CC(=O)OC(/C=C/[Si](c1ccccc1)(c1ccccc1)c1ccccc1)c1ccccc1-c1ccccc1C=O. The molecule has 0 bridgehead atoms. The number of ether oxygens (including phenoxy) is 1. The first-order chi connectivity index (χ1) is 19.6. The Morgan fingerprint density at radius 3 is 1.57 bits per heavy atom. The third kappa shape index (κ3) is 5.49. The first-order valence-corrected chi connectivity index (χ1v) is 15.4. The highest BCUT2D eigenvalue weighted by atomic mass is 28.3. The van der Waals surface area contributed by atoms with E-state index in [4.69, 9.17) is 4.74 Å². The zero-order valence-electron chi connectivity index (χ0n) is 22.3. The molecule has 0 N–H and O–H groups in total. The van der Waals surface area contributed by atoms with Gasteiger partial charge in [0.15, 0.2) is 14.4 Å². The topological polar surface area (TPSA) is 43.4 Å². The molecule has 0 aliphatic carbocycles. The molecule has 0 amide bonds. The normalized spacial score (nSPS) is 12.1. The van der Waals surface area contributed by atoms with Crippen LogP contribution in [0.15, 0.2) is 151 Å². The van der Waals surface area contributed by atoms with E-state index in [1.165, 1.54) is 22.5 Å². The first-order valence-electron chi connectivity index (χ1n) is 13.3. The highest BCUT2D eigenvalue weighted by Crippen LogP contribution is 2.33. The summed E-state index contributed by atoms with van der Waals surface area (Å²) in [5.74, 6) is -0.375. The van der Waals surface area contributed by atoms with Crippen molar-refractivity contribution in [3.8, 4) is 11.1 Å². The van der Waals surface area contributed by atoms with E-state index in [9.17, 15) is 9.59 Å². The molecule has 4 heteroatoms. The van der Waals surface area contributed by atoms with E-state index in [-0.39, 0.29) is 5.97 Å². The second-order valence-corrected chi connectivity index (χ2v) is 13.3. The number of hydrogen-bond acceptors (Lipinski definition) is 3. The summed E-state index contributed by atoms with van der Waals surface area (Å²) in [6.07, 6.45) is 2.24. The van der Waals surface area contributed by atoms with Crippen molar-refractivity contribution in [3.63, 3.8) is 0 Å². The van der Waals surface area contributed by atoms with Gasteiger partial charge in [-0.25, -0.2) is 0 Å². The van der Waals surface area contributed by atoms with Crippen LogP contribution in [0.2, 0.25) is 0 Å². The zero-order valence-corrected chi connectivity index (χ0v) is 23.3. The van der Waals surface area contributed by atoms with Gasteiger partial charge in [-0.15, -0.1) is 0 Å². The van der Waals surface area contributed by atoms with Crippen LogP contribution in [0, 0.1) is 0 Å². The number of carbonyl (C=O) groups excluding carboxylic acids is 2. The number of hydrogen-bond donors (Lipinski definition) is 0. The zero-order chi connectivity index (χ0) is 27.8. The van der Waals surface area contributed by atoms with E-state index in [1.54, 1.807) is 6.07 Å². The van der Waals surface area contributed by atoms with Crippen LogP contribution in [0.5, 0.6) is 0 Å². The molecule has 0 spiro atoms. The van der Waals surface area contributed by atoms with Crippen molar-refractivity contribution in [3.05, 3.63) is 162 Å². The Hall–Kier alpha value is -4.80. The van der Waals surface area contributed by atoms with Crippen LogP contribution in [0.25, 0.3) is 11.1 Å². The minimum absolute atomic E-state index is 0.375. The summed E-state index contributed by atoms with van der Waals surface area (Å²) in [7, 11) is -2.71. The van der Waals surface area contributed by atoms with Crippen LogP contribution in [0.3, 0.4) is 0 Å². The highest BCUT2D eigenvalue weighted by molar-refractivity contribution is 7.14. The number of carbonyl (C=O) groups is 2. The summed E-state index contributed by atoms with van der Waals surface area (Å²) >= 11 is 0. The fraction of sp³-hybridized carbons (Fsp3) is 0.0556. The molecular formula is C36H30O3Si.